The molecule has 6 nitrogen and oxygen atoms in total. The number of hydrogen-bond acceptors (Lipinski definition) is 5. The summed E-state index contributed by atoms with van der Waals surface area (Å²) < 4.78 is 48.7. The van der Waals surface area contributed by atoms with Crippen molar-refractivity contribution in [2.45, 2.75) is 6.18 Å². The molecule has 118 valence electrons. The molecule has 0 saturated carbocycles. The van der Waals surface area contributed by atoms with Crippen molar-refractivity contribution in [3.05, 3.63) is 34.4 Å². The van der Waals surface area contributed by atoms with Crippen LogP contribution in [-0.2, 0) is 6.18 Å². The zero-order chi connectivity index (χ0) is 16.3. The van der Waals surface area contributed by atoms with Gasteiger partial charge in [-0.15, -0.1) is 5.10 Å². The van der Waals surface area contributed by atoms with Gasteiger partial charge in [-0.2, -0.15) is 22.9 Å². The quantitative estimate of drug-likeness (QED) is 0.691. The molecule has 0 fully saturated rings. The second-order valence-corrected chi connectivity index (χ2v) is 4.40. The van der Waals surface area contributed by atoms with Gasteiger partial charge in [0.05, 0.1) is 20.4 Å². The van der Waals surface area contributed by atoms with Crippen molar-refractivity contribution in [2.24, 2.45) is 5.10 Å². The van der Waals surface area contributed by atoms with Crippen molar-refractivity contribution in [1.29, 1.82) is 0 Å². The van der Waals surface area contributed by atoms with Gasteiger partial charge >= 0.3 is 6.18 Å². The maximum atomic E-state index is 12.8. The summed E-state index contributed by atoms with van der Waals surface area (Å²) in [6, 6.07) is 4.83. The minimum absolute atomic E-state index is 0.273. The van der Waals surface area contributed by atoms with Gasteiger partial charge in [-0.05, 0) is 30.4 Å². The standard InChI is InChI=1S/C12H11F3N4O2S/c1-20-8-3-4-9(21-2)7(5-8)6-16-19-10(12(13,14)15)17-18-11(19)22/h3-6H,1-2H3,(H,18,22). The number of aromatic amines is 1. The monoisotopic (exact) mass is 332 g/mol. The summed E-state index contributed by atoms with van der Waals surface area (Å²) >= 11 is 4.74. The lowest BCUT2D eigenvalue weighted by atomic mass is 10.2. The van der Waals surface area contributed by atoms with Gasteiger partial charge in [0, 0.05) is 5.56 Å². The lowest BCUT2D eigenvalue weighted by Gasteiger charge is -2.07. The Kier molecular flexibility index (Phi) is 4.50. The molecule has 0 amide bonds. The number of hydrogen-bond donors (Lipinski definition) is 1. The molecule has 1 aromatic heterocycles. The minimum Gasteiger partial charge on any atom is -0.497 e. The van der Waals surface area contributed by atoms with E-state index in [1.807, 2.05) is 0 Å². The number of nitrogens with zero attached hydrogens (tertiary/aromatic N) is 3. The number of H-pyrrole nitrogens is 1. The molecule has 1 heterocycles. The first-order valence-electron chi connectivity index (χ1n) is 5.88. The zero-order valence-electron chi connectivity index (χ0n) is 11.5. The van der Waals surface area contributed by atoms with E-state index in [-0.39, 0.29) is 4.77 Å². The topological polar surface area (TPSA) is 64.4 Å². The molecule has 0 aliphatic carbocycles. The van der Waals surface area contributed by atoms with E-state index >= 15 is 0 Å². The van der Waals surface area contributed by atoms with E-state index in [1.165, 1.54) is 20.4 Å². The van der Waals surface area contributed by atoms with Crippen LogP contribution in [0.1, 0.15) is 11.4 Å². The fourth-order valence-corrected chi connectivity index (χ4v) is 1.82. The number of aromatic nitrogens is 3. The smallest absolute Gasteiger partial charge is 0.453 e. The Labute approximate surface area is 128 Å². The highest BCUT2D eigenvalue weighted by molar-refractivity contribution is 7.71. The van der Waals surface area contributed by atoms with Crippen LogP contribution in [0.3, 0.4) is 0 Å². The maximum absolute atomic E-state index is 12.8. The molecule has 22 heavy (non-hydrogen) atoms. The third-order valence-electron chi connectivity index (χ3n) is 2.65. The van der Waals surface area contributed by atoms with Crippen LogP contribution in [0.15, 0.2) is 23.3 Å². The second-order valence-electron chi connectivity index (χ2n) is 4.01. The summed E-state index contributed by atoms with van der Waals surface area (Å²) in [5, 5.41) is 8.91. The van der Waals surface area contributed by atoms with E-state index < -0.39 is 12.0 Å². The first-order valence-corrected chi connectivity index (χ1v) is 6.28. The molecule has 2 rings (SSSR count). The lowest BCUT2D eigenvalue weighted by molar-refractivity contribution is -0.147. The fourth-order valence-electron chi connectivity index (χ4n) is 1.64. The Hall–Kier alpha value is -2.36. The number of halogens is 3. The van der Waals surface area contributed by atoms with Crippen molar-refractivity contribution >= 4 is 18.4 Å². The molecule has 0 radical (unpaired) electrons. The van der Waals surface area contributed by atoms with Gasteiger partial charge in [-0.1, -0.05) is 0 Å². The van der Waals surface area contributed by atoms with Crippen LogP contribution in [0.5, 0.6) is 11.5 Å². The van der Waals surface area contributed by atoms with E-state index in [1.54, 1.807) is 18.2 Å². The van der Waals surface area contributed by atoms with Gasteiger partial charge in [-0.25, -0.2) is 5.10 Å². The van der Waals surface area contributed by atoms with E-state index in [0.29, 0.717) is 21.7 Å². The van der Waals surface area contributed by atoms with Crippen molar-refractivity contribution in [3.8, 4) is 11.5 Å². The molecule has 1 N–H and O–H groups in total. The predicted molar refractivity (Wildman–Crippen MR) is 75.0 cm³/mol. The summed E-state index contributed by atoms with van der Waals surface area (Å²) in [5.74, 6) is -0.308. The van der Waals surface area contributed by atoms with Crippen LogP contribution >= 0.6 is 12.2 Å². The SMILES string of the molecule is COc1ccc(OC)c(C=Nn2c(C(F)(F)F)n[nH]c2=S)c1. The molecule has 0 spiro atoms. The molecule has 0 aliphatic heterocycles. The zero-order valence-corrected chi connectivity index (χ0v) is 12.3. The Morgan fingerprint density at radius 3 is 2.64 bits per heavy atom. The highest BCUT2D eigenvalue weighted by Gasteiger charge is 2.37. The van der Waals surface area contributed by atoms with Crippen molar-refractivity contribution in [1.82, 2.24) is 14.9 Å². The average Bonchev–Trinajstić information content (AvgIpc) is 2.85. The Balaban J connectivity index is 2.45. The van der Waals surface area contributed by atoms with Gasteiger partial charge in [0.1, 0.15) is 11.5 Å². The Morgan fingerprint density at radius 2 is 2.05 bits per heavy atom. The second kappa shape index (κ2) is 6.18. The van der Waals surface area contributed by atoms with Crippen molar-refractivity contribution in [3.63, 3.8) is 0 Å². The largest absolute Gasteiger partial charge is 0.497 e. The van der Waals surface area contributed by atoms with Gasteiger partial charge in [0.15, 0.2) is 0 Å². The van der Waals surface area contributed by atoms with Crippen LogP contribution in [0.2, 0.25) is 0 Å². The first-order chi connectivity index (χ1) is 10.4. The summed E-state index contributed by atoms with van der Waals surface area (Å²) in [7, 11) is 2.90. The van der Waals surface area contributed by atoms with Crippen molar-refractivity contribution in [2.75, 3.05) is 14.2 Å². The van der Waals surface area contributed by atoms with Gasteiger partial charge < -0.3 is 9.47 Å². The highest BCUT2D eigenvalue weighted by Crippen LogP contribution is 2.27. The van der Waals surface area contributed by atoms with Crippen LogP contribution in [0.4, 0.5) is 13.2 Å². The Bertz CT molecular complexity index is 752. The number of methoxy groups -OCH3 is 2. The number of rotatable bonds is 4. The van der Waals surface area contributed by atoms with Gasteiger partial charge in [-0.3, -0.25) is 0 Å². The summed E-state index contributed by atoms with van der Waals surface area (Å²) in [6.45, 7) is 0. The number of benzene rings is 1. The molecule has 0 unspecified atom stereocenters. The molecule has 0 saturated heterocycles. The first kappa shape index (κ1) is 16.0. The molecule has 0 bridgehead atoms. The molecular formula is C12H11F3N4O2S. The van der Waals surface area contributed by atoms with E-state index in [4.69, 9.17) is 21.7 Å². The molecular weight excluding hydrogens is 321 g/mol. The van der Waals surface area contributed by atoms with Crippen molar-refractivity contribution < 1.29 is 22.6 Å². The van der Waals surface area contributed by atoms with E-state index in [2.05, 4.69) is 15.3 Å². The normalized spacial score (nSPS) is 11.9. The number of nitrogens with one attached hydrogen (secondary N) is 1. The maximum Gasteiger partial charge on any atom is 0.453 e. The van der Waals surface area contributed by atoms with Crippen LogP contribution in [-0.4, -0.2) is 35.3 Å². The molecule has 2 aromatic rings. The van der Waals surface area contributed by atoms with Gasteiger partial charge in [0.25, 0.3) is 5.82 Å². The van der Waals surface area contributed by atoms with Crippen LogP contribution < -0.4 is 9.47 Å². The van der Waals surface area contributed by atoms with E-state index in [9.17, 15) is 13.2 Å². The van der Waals surface area contributed by atoms with Crippen LogP contribution in [0, 0.1) is 4.77 Å². The van der Waals surface area contributed by atoms with Gasteiger partial charge in [0.2, 0.25) is 4.77 Å². The highest BCUT2D eigenvalue weighted by atomic mass is 32.1. The Morgan fingerprint density at radius 1 is 1.32 bits per heavy atom. The fraction of sp³-hybridized carbons (Fsp3) is 0.250. The predicted octanol–water partition coefficient (Wildman–Crippen LogP) is 2.86. The number of ether oxygens (including phenoxy) is 2. The molecule has 0 atom stereocenters. The number of alkyl halides is 3. The molecule has 10 heteroatoms. The molecule has 1 aromatic carbocycles. The summed E-state index contributed by atoms with van der Waals surface area (Å²) in [4.78, 5) is 0. The summed E-state index contributed by atoms with van der Waals surface area (Å²) in [6.07, 6.45) is -3.49. The molecule has 0 aliphatic rings. The third-order valence-corrected chi connectivity index (χ3v) is 2.92. The minimum atomic E-state index is -4.68. The van der Waals surface area contributed by atoms with E-state index in [0.717, 1.165) is 0 Å². The lowest BCUT2D eigenvalue weighted by Crippen LogP contribution is -2.12. The third kappa shape index (κ3) is 3.27. The average molecular weight is 332 g/mol. The summed E-state index contributed by atoms with van der Waals surface area (Å²) in [5.41, 5.74) is 0.429. The van der Waals surface area contributed by atoms with Crippen LogP contribution in [0.25, 0.3) is 0 Å².